The Morgan fingerprint density at radius 2 is 1.93 bits per heavy atom. The number of hydrogen-bond acceptors (Lipinski definition) is 7. The van der Waals surface area contributed by atoms with Crippen LogP contribution >= 0.6 is 11.3 Å². The molecular weight excluding hydrogens is 428 g/mol. The Morgan fingerprint density at radius 1 is 1.17 bits per heavy atom. The molecule has 0 aliphatic carbocycles. The van der Waals surface area contributed by atoms with Gasteiger partial charge < -0.3 is 19.7 Å². The first kappa shape index (κ1) is 22.1. The third-order valence-electron chi connectivity index (χ3n) is 4.57. The number of rotatable bonds is 9. The molecule has 1 aliphatic rings. The highest BCUT2D eigenvalue weighted by molar-refractivity contribution is 7.91. The number of thiophene rings is 1. The van der Waals surface area contributed by atoms with Gasteiger partial charge in [-0.2, -0.15) is 0 Å². The van der Waals surface area contributed by atoms with Crippen LogP contribution in [0.1, 0.15) is 18.2 Å². The fraction of sp³-hybridized carbons (Fsp3) is 0.400. The van der Waals surface area contributed by atoms with Crippen LogP contribution in [0.15, 0.2) is 40.6 Å². The van der Waals surface area contributed by atoms with Gasteiger partial charge in [-0.1, -0.05) is 6.07 Å². The highest BCUT2D eigenvalue weighted by Gasteiger charge is 2.23. The minimum Gasteiger partial charge on any atom is -0.486 e. The minimum atomic E-state index is -3.68. The van der Waals surface area contributed by atoms with Crippen molar-refractivity contribution < 1.29 is 27.5 Å². The Balaban J connectivity index is 1.54. The van der Waals surface area contributed by atoms with Gasteiger partial charge in [0.2, 0.25) is 11.8 Å². The Kier molecular flexibility index (Phi) is 7.33. The lowest BCUT2D eigenvalue weighted by Gasteiger charge is -2.21. The van der Waals surface area contributed by atoms with Crippen molar-refractivity contribution in [2.24, 2.45) is 0 Å². The summed E-state index contributed by atoms with van der Waals surface area (Å²) in [4.78, 5) is 27.1. The van der Waals surface area contributed by atoms with Crippen molar-refractivity contribution in [3.8, 4) is 11.5 Å². The number of carbonyl (C=O) groups is 2. The molecule has 1 aromatic carbocycles. The van der Waals surface area contributed by atoms with E-state index >= 15 is 0 Å². The largest absolute Gasteiger partial charge is 0.486 e. The lowest BCUT2D eigenvalue weighted by atomic mass is 10.3. The number of fused-ring (bicyclic) bond motifs is 1. The van der Waals surface area contributed by atoms with Crippen LogP contribution in [0, 0.1) is 0 Å². The van der Waals surface area contributed by atoms with Crippen LogP contribution in [-0.2, 0) is 26.0 Å². The second kappa shape index (κ2) is 9.94. The van der Waals surface area contributed by atoms with Gasteiger partial charge >= 0.3 is 0 Å². The minimum absolute atomic E-state index is 0.0799. The SMILES string of the molecule is CCN(CC(=O)NCc1cccs1)C(=O)CCS(=O)(=O)c1ccc2c(c1)OCCO2. The van der Waals surface area contributed by atoms with Crippen LogP contribution in [0.3, 0.4) is 0 Å². The molecule has 0 spiro atoms. The molecule has 2 heterocycles. The Morgan fingerprint density at radius 3 is 2.63 bits per heavy atom. The summed E-state index contributed by atoms with van der Waals surface area (Å²) in [6.45, 7) is 3.14. The van der Waals surface area contributed by atoms with Gasteiger partial charge in [-0.15, -0.1) is 11.3 Å². The molecule has 1 N–H and O–H groups in total. The summed E-state index contributed by atoms with van der Waals surface area (Å²) >= 11 is 1.53. The van der Waals surface area contributed by atoms with Gasteiger partial charge in [0.1, 0.15) is 13.2 Å². The molecule has 30 heavy (non-hydrogen) atoms. The topological polar surface area (TPSA) is 102 Å². The molecule has 0 bridgehead atoms. The molecule has 0 radical (unpaired) electrons. The number of benzene rings is 1. The lowest BCUT2D eigenvalue weighted by molar-refractivity contribution is -0.135. The number of likely N-dealkylation sites (N-methyl/N-ethyl adjacent to an activating group) is 1. The van der Waals surface area contributed by atoms with Crippen molar-refractivity contribution in [1.29, 1.82) is 0 Å². The number of hydrogen-bond donors (Lipinski definition) is 1. The zero-order chi connectivity index (χ0) is 21.6. The highest BCUT2D eigenvalue weighted by atomic mass is 32.2. The number of amides is 2. The fourth-order valence-corrected chi connectivity index (χ4v) is 4.80. The van der Waals surface area contributed by atoms with Crippen LogP contribution in [0.25, 0.3) is 0 Å². The molecule has 3 rings (SSSR count). The van der Waals surface area contributed by atoms with Gasteiger partial charge in [0, 0.05) is 23.9 Å². The maximum atomic E-state index is 12.6. The second-order valence-electron chi connectivity index (χ2n) is 6.64. The van der Waals surface area contributed by atoms with E-state index in [1.807, 2.05) is 17.5 Å². The van der Waals surface area contributed by atoms with E-state index in [1.165, 1.54) is 28.4 Å². The van der Waals surface area contributed by atoms with E-state index in [4.69, 9.17) is 9.47 Å². The van der Waals surface area contributed by atoms with E-state index in [9.17, 15) is 18.0 Å². The smallest absolute Gasteiger partial charge is 0.239 e. The van der Waals surface area contributed by atoms with E-state index in [2.05, 4.69) is 5.32 Å². The standard InChI is InChI=1S/C20H24N2O6S2/c1-2-22(14-19(23)21-13-15-4-3-10-29-15)20(24)7-11-30(25,26)16-5-6-17-18(12-16)28-9-8-27-17/h3-6,10,12H,2,7-9,11,13-14H2,1H3,(H,21,23). The van der Waals surface area contributed by atoms with Crippen LogP contribution < -0.4 is 14.8 Å². The summed E-state index contributed by atoms with van der Waals surface area (Å²) in [5, 5.41) is 4.69. The number of ether oxygens (including phenoxy) is 2. The molecule has 2 aromatic rings. The third kappa shape index (κ3) is 5.73. The Hall–Kier alpha value is -2.59. The second-order valence-corrected chi connectivity index (χ2v) is 9.78. The van der Waals surface area contributed by atoms with Gasteiger partial charge in [-0.25, -0.2) is 8.42 Å². The third-order valence-corrected chi connectivity index (χ3v) is 7.16. The molecule has 0 saturated heterocycles. The number of nitrogens with zero attached hydrogens (tertiary/aromatic N) is 1. The molecule has 10 heteroatoms. The first-order valence-corrected chi connectivity index (χ1v) is 12.1. The molecule has 0 atom stereocenters. The maximum absolute atomic E-state index is 12.6. The van der Waals surface area contributed by atoms with Gasteiger partial charge in [-0.3, -0.25) is 9.59 Å². The molecule has 8 nitrogen and oxygen atoms in total. The van der Waals surface area contributed by atoms with Gasteiger partial charge in [0.15, 0.2) is 21.3 Å². The van der Waals surface area contributed by atoms with Crippen molar-refractivity contribution in [2.45, 2.75) is 24.8 Å². The van der Waals surface area contributed by atoms with E-state index in [-0.39, 0.29) is 35.4 Å². The molecule has 0 unspecified atom stereocenters. The summed E-state index contributed by atoms with van der Waals surface area (Å²) in [6, 6.07) is 8.24. The van der Waals surface area contributed by atoms with E-state index in [1.54, 1.807) is 13.0 Å². The zero-order valence-corrected chi connectivity index (χ0v) is 18.3. The van der Waals surface area contributed by atoms with Crippen molar-refractivity contribution in [2.75, 3.05) is 32.1 Å². The molecule has 1 aromatic heterocycles. The predicted octanol–water partition coefficient (Wildman–Crippen LogP) is 1.85. The Bertz CT molecular complexity index is 989. The molecule has 2 amide bonds. The monoisotopic (exact) mass is 452 g/mol. The van der Waals surface area contributed by atoms with E-state index in [0.29, 0.717) is 37.8 Å². The number of sulfone groups is 1. The highest BCUT2D eigenvalue weighted by Crippen LogP contribution is 2.32. The Labute approximate surface area is 179 Å². The first-order valence-electron chi connectivity index (χ1n) is 9.58. The van der Waals surface area contributed by atoms with Gasteiger partial charge in [0.25, 0.3) is 0 Å². The van der Waals surface area contributed by atoms with Crippen molar-refractivity contribution >= 4 is 33.0 Å². The van der Waals surface area contributed by atoms with Gasteiger partial charge in [0.05, 0.1) is 23.7 Å². The van der Waals surface area contributed by atoms with E-state index < -0.39 is 9.84 Å². The van der Waals surface area contributed by atoms with Crippen LogP contribution in [0.4, 0.5) is 0 Å². The molecule has 162 valence electrons. The average Bonchev–Trinajstić information content (AvgIpc) is 3.28. The first-order chi connectivity index (χ1) is 14.4. The normalized spacial score (nSPS) is 13.0. The van der Waals surface area contributed by atoms with Crippen LogP contribution in [-0.4, -0.2) is 57.2 Å². The summed E-state index contributed by atoms with van der Waals surface area (Å²) in [5.74, 6) is -0.134. The van der Waals surface area contributed by atoms with Crippen LogP contribution in [0.2, 0.25) is 0 Å². The maximum Gasteiger partial charge on any atom is 0.239 e. The molecule has 0 fully saturated rings. The summed E-state index contributed by atoms with van der Waals surface area (Å²) in [5.41, 5.74) is 0. The molecule has 0 saturated carbocycles. The van der Waals surface area contributed by atoms with Gasteiger partial charge in [-0.05, 0) is 30.5 Å². The van der Waals surface area contributed by atoms with Crippen molar-refractivity contribution in [3.05, 3.63) is 40.6 Å². The van der Waals surface area contributed by atoms with Crippen molar-refractivity contribution in [3.63, 3.8) is 0 Å². The predicted molar refractivity (Wildman–Crippen MR) is 113 cm³/mol. The zero-order valence-electron chi connectivity index (χ0n) is 16.6. The summed E-state index contributed by atoms with van der Waals surface area (Å²) in [7, 11) is -3.68. The molecule has 1 aliphatic heterocycles. The number of carbonyl (C=O) groups excluding carboxylic acids is 2. The summed E-state index contributed by atoms with van der Waals surface area (Å²) < 4.78 is 36.1. The average molecular weight is 453 g/mol. The quantitative estimate of drug-likeness (QED) is 0.623. The number of nitrogens with one attached hydrogen (secondary N) is 1. The van der Waals surface area contributed by atoms with Crippen LogP contribution in [0.5, 0.6) is 11.5 Å². The summed E-state index contributed by atoms with van der Waals surface area (Å²) in [6.07, 6.45) is -0.206. The molecular formula is C20H24N2O6S2. The van der Waals surface area contributed by atoms with Crippen molar-refractivity contribution in [1.82, 2.24) is 10.2 Å². The van der Waals surface area contributed by atoms with E-state index in [0.717, 1.165) is 4.88 Å². The fourth-order valence-electron chi connectivity index (χ4n) is 2.92. The lowest BCUT2D eigenvalue weighted by Crippen LogP contribution is -2.40.